The van der Waals surface area contributed by atoms with Crippen LogP contribution in [0.4, 0.5) is 5.69 Å². The fourth-order valence-electron chi connectivity index (χ4n) is 0.946. The van der Waals surface area contributed by atoms with E-state index < -0.39 is 15.7 Å². The first-order valence-corrected chi connectivity index (χ1v) is 5.27. The number of hydrogen-bond acceptors (Lipinski definition) is 4. The van der Waals surface area contributed by atoms with E-state index in [2.05, 4.69) is 0 Å². The van der Waals surface area contributed by atoms with E-state index in [0.717, 1.165) is 0 Å². The molecule has 5 nitrogen and oxygen atoms in total. The fourth-order valence-corrected chi connectivity index (χ4v) is 1.51. The van der Waals surface area contributed by atoms with Crippen LogP contribution in [0, 0.1) is 10.1 Å². The van der Waals surface area contributed by atoms with Crippen molar-refractivity contribution in [3.63, 3.8) is 0 Å². The zero-order valence-corrected chi connectivity index (χ0v) is 8.54. The number of hydrogen-bond donors (Lipinski definition) is 0. The Bertz CT molecular complexity index is 359. The van der Waals surface area contributed by atoms with Crippen molar-refractivity contribution in [1.82, 2.24) is 0 Å². The molecule has 0 aliphatic heterocycles. The van der Waals surface area contributed by atoms with Gasteiger partial charge >= 0.3 is 0 Å². The summed E-state index contributed by atoms with van der Waals surface area (Å²) in [6.07, 6.45) is 1.46. The van der Waals surface area contributed by atoms with Crippen LogP contribution in [0.2, 0.25) is 0 Å². The van der Waals surface area contributed by atoms with E-state index in [0.29, 0.717) is 10.6 Å². The van der Waals surface area contributed by atoms with E-state index in [1.54, 1.807) is 0 Å². The van der Waals surface area contributed by atoms with Gasteiger partial charge in [-0.3, -0.25) is 14.3 Å². The zero-order valence-electron chi connectivity index (χ0n) is 7.72. The zero-order chi connectivity index (χ0) is 10.7. The molecule has 1 aromatic carbocycles. The maximum Gasteiger partial charge on any atom is 0.274 e. The summed E-state index contributed by atoms with van der Waals surface area (Å²) < 4.78 is 16.0. The quantitative estimate of drug-likeness (QED) is 0.563. The molecule has 0 aliphatic rings. The number of nitrogens with zero attached hydrogens (tertiary/aromatic N) is 1. The lowest BCUT2D eigenvalue weighted by atomic mass is 10.3. The Kier molecular flexibility index (Phi) is 3.19. The molecule has 0 radical (unpaired) electrons. The van der Waals surface area contributed by atoms with E-state index in [-0.39, 0.29) is 5.69 Å². The minimum absolute atomic E-state index is 0.116. The maximum absolute atomic E-state index is 11.1. The average molecular weight is 215 g/mol. The summed E-state index contributed by atoms with van der Waals surface area (Å²) in [5.74, 6) is 0.337. The molecular formula is C8H9NO4S. The minimum Gasteiger partial charge on any atom is -0.496 e. The normalized spacial score (nSPS) is 12.1. The van der Waals surface area contributed by atoms with Gasteiger partial charge in [0.1, 0.15) is 5.75 Å². The van der Waals surface area contributed by atoms with E-state index in [4.69, 9.17) is 4.74 Å². The molecule has 0 amide bonds. The molecule has 0 N–H and O–H groups in total. The van der Waals surface area contributed by atoms with Crippen LogP contribution in [0.15, 0.2) is 23.1 Å². The van der Waals surface area contributed by atoms with Crippen LogP contribution in [0.5, 0.6) is 5.75 Å². The Labute approximate surface area is 83.3 Å². The van der Waals surface area contributed by atoms with Gasteiger partial charge in [0.05, 0.1) is 28.9 Å². The molecule has 76 valence electrons. The smallest absolute Gasteiger partial charge is 0.274 e. The molecule has 0 bridgehead atoms. The van der Waals surface area contributed by atoms with Crippen LogP contribution >= 0.6 is 0 Å². The van der Waals surface area contributed by atoms with Gasteiger partial charge in [0.25, 0.3) is 5.69 Å². The number of rotatable bonds is 3. The highest BCUT2D eigenvalue weighted by molar-refractivity contribution is 7.84. The van der Waals surface area contributed by atoms with Crippen molar-refractivity contribution in [3.8, 4) is 5.75 Å². The third-order valence-corrected chi connectivity index (χ3v) is 2.54. The van der Waals surface area contributed by atoms with Crippen molar-refractivity contribution in [3.05, 3.63) is 28.3 Å². The van der Waals surface area contributed by atoms with Crippen molar-refractivity contribution in [2.24, 2.45) is 0 Å². The van der Waals surface area contributed by atoms with Crippen LogP contribution in [0.1, 0.15) is 0 Å². The lowest BCUT2D eigenvalue weighted by Crippen LogP contribution is -1.94. The molecule has 0 heterocycles. The van der Waals surface area contributed by atoms with Gasteiger partial charge in [0, 0.05) is 17.2 Å². The summed E-state index contributed by atoms with van der Waals surface area (Å²) in [6, 6.07) is 4.08. The highest BCUT2D eigenvalue weighted by Gasteiger charge is 2.11. The Morgan fingerprint density at radius 1 is 1.43 bits per heavy atom. The molecule has 14 heavy (non-hydrogen) atoms. The SMILES string of the molecule is COc1cc([N+](=O)[O-])cc(S(C)=O)c1. The first-order valence-electron chi connectivity index (χ1n) is 3.71. The van der Waals surface area contributed by atoms with Gasteiger partial charge < -0.3 is 4.74 Å². The lowest BCUT2D eigenvalue weighted by Gasteiger charge is -2.02. The third-order valence-electron chi connectivity index (χ3n) is 1.64. The second-order valence-corrected chi connectivity index (χ2v) is 3.96. The summed E-state index contributed by atoms with van der Waals surface area (Å²) >= 11 is 0. The maximum atomic E-state index is 11.1. The van der Waals surface area contributed by atoms with Gasteiger partial charge in [0.2, 0.25) is 0 Å². The Morgan fingerprint density at radius 3 is 2.50 bits per heavy atom. The number of nitro benzene ring substituents is 1. The highest BCUT2D eigenvalue weighted by atomic mass is 32.2. The molecule has 1 unspecified atom stereocenters. The fraction of sp³-hybridized carbons (Fsp3) is 0.250. The molecule has 1 atom stereocenters. The summed E-state index contributed by atoms with van der Waals surface area (Å²) in [5, 5.41) is 10.5. The average Bonchev–Trinajstić information content (AvgIpc) is 2.16. The predicted octanol–water partition coefficient (Wildman–Crippen LogP) is 1.34. The van der Waals surface area contributed by atoms with Crippen molar-refractivity contribution in [1.29, 1.82) is 0 Å². The van der Waals surface area contributed by atoms with E-state index in [9.17, 15) is 14.3 Å². The van der Waals surface area contributed by atoms with Crippen LogP contribution in [0.25, 0.3) is 0 Å². The molecule has 6 heteroatoms. The highest BCUT2D eigenvalue weighted by Crippen LogP contribution is 2.23. The first kappa shape index (κ1) is 10.6. The Morgan fingerprint density at radius 2 is 2.07 bits per heavy atom. The molecular weight excluding hydrogens is 206 g/mol. The molecule has 0 fully saturated rings. The second-order valence-electron chi connectivity index (χ2n) is 2.58. The number of non-ortho nitro benzene ring substituents is 1. The van der Waals surface area contributed by atoms with Crippen LogP contribution < -0.4 is 4.74 Å². The lowest BCUT2D eigenvalue weighted by molar-refractivity contribution is -0.385. The summed E-state index contributed by atoms with van der Waals surface area (Å²) in [6.45, 7) is 0. The van der Waals surface area contributed by atoms with Gasteiger partial charge in [-0.05, 0) is 6.07 Å². The molecule has 0 aliphatic carbocycles. The number of benzene rings is 1. The van der Waals surface area contributed by atoms with Crippen molar-refractivity contribution in [2.45, 2.75) is 4.90 Å². The molecule has 0 spiro atoms. The number of methoxy groups -OCH3 is 1. The predicted molar refractivity (Wildman–Crippen MR) is 52.0 cm³/mol. The topological polar surface area (TPSA) is 69.4 Å². The number of ether oxygens (including phenoxy) is 1. The molecule has 1 aromatic rings. The van der Waals surface area contributed by atoms with Gasteiger partial charge in [-0.15, -0.1) is 0 Å². The molecule has 0 aromatic heterocycles. The monoisotopic (exact) mass is 215 g/mol. The van der Waals surface area contributed by atoms with Gasteiger partial charge in [-0.1, -0.05) is 0 Å². The van der Waals surface area contributed by atoms with Gasteiger partial charge in [0.15, 0.2) is 0 Å². The van der Waals surface area contributed by atoms with Crippen molar-refractivity contribution >= 4 is 16.5 Å². The second kappa shape index (κ2) is 4.19. The van der Waals surface area contributed by atoms with Crippen LogP contribution in [-0.2, 0) is 10.8 Å². The van der Waals surface area contributed by atoms with Crippen molar-refractivity contribution in [2.75, 3.05) is 13.4 Å². The molecule has 0 saturated heterocycles. The summed E-state index contributed by atoms with van der Waals surface area (Å²) in [4.78, 5) is 10.3. The number of nitro groups is 1. The van der Waals surface area contributed by atoms with Crippen LogP contribution in [0.3, 0.4) is 0 Å². The minimum atomic E-state index is -1.25. The summed E-state index contributed by atoms with van der Waals surface area (Å²) in [5.41, 5.74) is -0.116. The summed E-state index contributed by atoms with van der Waals surface area (Å²) in [7, 11) is 0.152. The third kappa shape index (κ3) is 2.29. The van der Waals surface area contributed by atoms with Gasteiger partial charge in [-0.2, -0.15) is 0 Å². The van der Waals surface area contributed by atoms with Gasteiger partial charge in [-0.25, -0.2) is 0 Å². The molecule has 0 saturated carbocycles. The van der Waals surface area contributed by atoms with E-state index >= 15 is 0 Å². The van der Waals surface area contributed by atoms with Crippen LogP contribution in [-0.4, -0.2) is 22.5 Å². The standard InChI is InChI=1S/C8H9NO4S/c1-13-7-3-6(9(10)11)4-8(5-7)14(2)12/h3-5H,1-2H3. The van der Waals surface area contributed by atoms with Crippen molar-refractivity contribution < 1.29 is 13.9 Å². The molecule has 1 rings (SSSR count). The van der Waals surface area contributed by atoms with E-state index in [1.165, 1.54) is 31.6 Å². The Balaban J connectivity index is 3.27. The largest absolute Gasteiger partial charge is 0.496 e. The Hall–Kier alpha value is -1.43. The first-order chi connectivity index (χ1) is 6.54. The van der Waals surface area contributed by atoms with E-state index in [1.807, 2.05) is 0 Å².